The van der Waals surface area contributed by atoms with Crippen LogP contribution in [0.25, 0.3) is 5.65 Å². The van der Waals surface area contributed by atoms with Gasteiger partial charge in [-0.3, -0.25) is 4.68 Å². The van der Waals surface area contributed by atoms with Crippen molar-refractivity contribution < 1.29 is 4.52 Å². The number of aromatic amines is 1. The summed E-state index contributed by atoms with van der Waals surface area (Å²) in [5, 5.41) is 7.89. The van der Waals surface area contributed by atoms with E-state index in [1.807, 2.05) is 36.3 Å². The van der Waals surface area contributed by atoms with E-state index >= 15 is 0 Å². The third kappa shape index (κ3) is 2.61. The Morgan fingerprint density at radius 2 is 2.08 bits per heavy atom. The Morgan fingerprint density at radius 1 is 1.29 bits per heavy atom. The van der Waals surface area contributed by atoms with Gasteiger partial charge >= 0.3 is 5.65 Å². The smallest absolute Gasteiger partial charge is 0.340 e. The predicted molar refractivity (Wildman–Crippen MR) is 88.9 cm³/mol. The Labute approximate surface area is 140 Å². The number of fused-ring (bicyclic) bond motifs is 1. The number of aromatic nitrogens is 7. The molecule has 1 aliphatic carbocycles. The topological polar surface area (TPSA) is 79.6 Å². The van der Waals surface area contributed by atoms with Crippen molar-refractivity contribution >= 4 is 11.6 Å². The number of aryl methyl sites for hydroxylation is 5. The molecule has 0 spiro atoms. The van der Waals surface area contributed by atoms with Crippen LogP contribution < -0.4 is 9.42 Å². The molecule has 1 saturated carbocycles. The second-order valence-corrected chi connectivity index (χ2v) is 6.61. The number of anilines is 1. The zero-order chi connectivity index (χ0) is 16.8. The SMILES string of the molecule is Cc1ncc(C)[n+]2[nH]c(CCc3nc(N(C)C4CC4)nn3C)nc12. The molecule has 8 nitrogen and oxygen atoms in total. The van der Waals surface area contributed by atoms with Gasteiger partial charge in [-0.25, -0.2) is 4.98 Å². The van der Waals surface area contributed by atoms with Gasteiger partial charge in [0.2, 0.25) is 5.95 Å². The summed E-state index contributed by atoms with van der Waals surface area (Å²) in [5.74, 6) is 2.74. The minimum atomic E-state index is 0.616. The molecule has 126 valence electrons. The van der Waals surface area contributed by atoms with Gasteiger partial charge in [0.05, 0.1) is 6.20 Å². The van der Waals surface area contributed by atoms with Crippen LogP contribution in [0.5, 0.6) is 0 Å². The second-order valence-electron chi connectivity index (χ2n) is 6.61. The van der Waals surface area contributed by atoms with Crippen LogP contribution >= 0.6 is 0 Å². The standard InChI is InChI=1S/C16H22N8/c1-10-9-17-11(2)15-18-13(20-24(10)15)7-8-14-19-16(21-23(14)4)22(3)12-5-6-12/h9,12H,5-8H2,1-4H3/p+1. The van der Waals surface area contributed by atoms with E-state index in [9.17, 15) is 0 Å². The van der Waals surface area contributed by atoms with Gasteiger partial charge < -0.3 is 4.90 Å². The molecule has 0 amide bonds. The number of nitrogens with one attached hydrogen (secondary N) is 1. The normalized spacial score (nSPS) is 14.5. The molecule has 1 N–H and O–H groups in total. The first-order valence-corrected chi connectivity index (χ1v) is 8.38. The quantitative estimate of drug-likeness (QED) is 0.697. The van der Waals surface area contributed by atoms with Crippen molar-refractivity contribution in [3.8, 4) is 0 Å². The lowest BCUT2D eigenvalue weighted by Gasteiger charge is -2.12. The first kappa shape index (κ1) is 15.0. The lowest BCUT2D eigenvalue weighted by atomic mass is 10.3. The summed E-state index contributed by atoms with van der Waals surface area (Å²) in [6, 6.07) is 0.616. The predicted octanol–water partition coefficient (Wildman–Crippen LogP) is 0.673. The van der Waals surface area contributed by atoms with Gasteiger partial charge in [0, 0.05) is 39.9 Å². The fourth-order valence-corrected chi connectivity index (χ4v) is 2.92. The van der Waals surface area contributed by atoms with E-state index in [-0.39, 0.29) is 0 Å². The van der Waals surface area contributed by atoms with Crippen LogP contribution in [0, 0.1) is 13.8 Å². The molecule has 4 rings (SSSR count). The van der Waals surface area contributed by atoms with E-state index in [4.69, 9.17) is 4.98 Å². The Morgan fingerprint density at radius 3 is 2.79 bits per heavy atom. The van der Waals surface area contributed by atoms with Crippen LogP contribution in [-0.2, 0) is 19.9 Å². The van der Waals surface area contributed by atoms with Gasteiger partial charge in [0.1, 0.15) is 17.2 Å². The summed E-state index contributed by atoms with van der Waals surface area (Å²) in [5.41, 5.74) is 2.86. The summed E-state index contributed by atoms with van der Waals surface area (Å²) in [6.45, 7) is 3.99. The van der Waals surface area contributed by atoms with Gasteiger partial charge in [0.25, 0.3) is 5.82 Å². The summed E-state index contributed by atoms with van der Waals surface area (Å²) in [6.07, 6.45) is 5.93. The molecule has 1 aliphatic rings. The largest absolute Gasteiger partial charge is 0.370 e. The van der Waals surface area contributed by atoms with Crippen LogP contribution in [0.2, 0.25) is 0 Å². The number of H-pyrrole nitrogens is 1. The average Bonchev–Trinajstić information content (AvgIpc) is 3.21. The molecule has 8 heteroatoms. The molecule has 0 radical (unpaired) electrons. The minimum Gasteiger partial charge on any atom is -0.340 e. The summed E-state index contributed by atoms with van der Waals surface area (Å²) in [4.78, 5) is 15.9. The third-order valence-electron chi connectivity index (χ3n) is 4.65. The number of hydrogen-bond donors (Lipinski definition) is 1. The molecule has 3 aromatic heterocycles. The fourth-order valence-electron chi connectivity index (χ4n) is 2.92. The first-order valence-electron chi connectivity index (χ1n) is 8.38. The first-order chi connectivity index (χ1) is 11.5. The lowest BCUT2D eigenvalue weighted by Crippen LogP contribution is -2.28. The molecule has 3 aromatic rings. The molecule has 3 heterocycles. The molecule has 0 aliphatic heterocycles. The highest BCUT2D eigenvalue weighted by molar-refractivity contribution is 5.34. The molecule has 0 aromatic carbocycles. The Hall–Kier alpha value is -2.51. The van der Waals surface area contributed by atoms with Crippen LogP contribution in [0.4, 0.5) is 5.95 Å². The Bertz CT molecular complexity index is 850. The van der Waals surface area contributed by atoms with Crippen molar-refractivity contribution in [1.82, 2.24) is 29.8 Å². The lowest BCUT2D eigenvalue weighted by molar-refractivity contribution is -0.585. The summed E-state index contributed by atoms with van der Waals surface area (Å²) < 4.78 is 3.86. The van der Waals surface area contributed by atoms with Crippen LogP contribution in [0.1, 0.15) is 35.9 Å². The zero-order valence-electron chi connectivity index (χ0n) is 14.6. The van der Waals surface area contributed by atoms with E-state index in [0.717, 1.165) is 47.5 Å². The molecule has 0 bridgehead atoms. The van der Waals surface area contributed by atoms with Crippen LogP contribution in [0.15, 0.2) is 6.20 Å². The minimum absolute atomic E-state index is 0.616. The van der Waals surface area contributed by atoms with E-state index < -0.39 is 0 Å². The van der Waals surface area contributed by atoms with Crippen molar-refractivity contribution in [2.45, 2.75) is 45.6 Å². The van der Waals surface area contributed by atoms with Gasteiger partial charge in [-0.05, 0) is 24.7 Å². The van der Waals surface area contributed by atoms with Gasteiger partial charge in [-0.15, -0.1) is 9.61 Å². The highest BCUT2D eigenvalue weighted by atomic mass is 15.4. The van der Waals surface area contributed by atoms with Crippen molar-refractivity contribution in [1.29, 1.82) is 0 Å². The maximum atomic E-state index is 4.69. The molecule has 0 saturated heterocycles. The second kappa shape index (κ2) is 5.54. The van der Waals surface area contributed by atoms with Crippen LogP contribution in [-0.4, -0.2) is 42.9 Å². The molecule has 0 atom stereocenters. The third-order valence-corrected chi connectivity index (χ3v) is 4.65. The maximum Gasteiger partial charge on any atom is 0.370 e. The van der Waals surface area contributed by atoms with Gasteiger partial charge in [0.15, 0.2) is 0 Å². The monoisotopic (exact) mass is 327 g/mol. The van der Waals surface area contributed by atoms with Crippen molar-refractivity contribution in [3.63, 3.8) is 0 Å². The van der Waals surface area contributed by atoms with E-state index in [1.165, 1.54) is 12.8 Å². The highest BCUT2D eigenvalue weighted by Gasteiger charge is 2.29. The fraction of sp³-hybridized carbons (Fsp3) is 0.562. The number of hydrogen-bond acceptors (Lipinski definition) is 5. The molecular formula is C16H23N8+. The van der Waals surface area contributed by atoms with E-state index in [2.05, 4.69) is 32.1 Å². The Balaban J connectivity index is 1.52. The van der Waals surface area contributed by atoms with Crippen molar-refractivity contribution in [2.75, 3.05) is 11.9 Å². The highest BCUT2D eigenvalue weighted by Crippen LogP contribution is 2.28. The van der Waals surface area contributed by atoms with Gasteiger partial charge in [-0.2, -0.15) is 10.1 Å². The van der Waals surface area contributed by atoms with E-state index in [1.54, 1.807) is 0 Å². The molecule has 1 fully saturated rings. The summed E-state index contributed by atoms with van der Waals surface area (Å²) in [7, 11) is 4.03. The molecule has 24 heavy (non-hydrogen) atoms. The molecular weight excluding hydrogens is 304 g/mol. The number of nitrogens with zero attached hydrogens (tertiary/aromatic N) is 7. The molecule has 0 unspecified atom stereocenters. The van der Waals surface area contributed by atoms with Crippen molar-refractivity contribution in [2.24, 2.45) is 7.05 Å². The van der Waals surface area contributed by atoms with Crippen LogP contribution in [0.3, 0.4) is 0 Å². The van der Waals surface area contributed by atoms with Gasteiger partial charge in [-0.1, -0.05) is 0 Å². The maximum absolute atomic E-state index is 4.69. The Kier molecular flexibility index (Phi) is 3.47. The number of rotatable bonds is 5. The van der Waals surface area contributed by atoms with Crippen molar-refractivity contribution in [3.05, 3.63) is 29.2 Å². The average molecular weight is 327 g/mol. The summed E-state index contributed by atoms with van der Waals surface area (Å²) >= 11 is 0. The van der Waals surface area contributed by atoms with E-state index in [0.29, 0.717) is 6.04 Å². The zero-order valence-corrected chi connectivity index (χ0v) is 14.6.